The van der Waals surface area contributed by atoms with Gasteiger partial charge in [-0.2, -0.15) is 0 Å². The molecule has 34 heavy (non-hydrogen) atoms. The maximum absolute atomic E-state index is 12.7. The predicted octanol–water partition coefficient (Wildman–Crippen LogP) is 4.43. The van der Waals surface area contributed by atoms with E-state index in [9.17, 15) is 14.7 Å². The van der Waals surface area contributed by atoms with Crippen molar-refractivity contribution in [3.05, 3.63) is 22.2 Å². The van der Waals surface area contributed by atoms with Crippen molar-refractivity contribution in [3.8, 4) is 0 Å². The van der Waals surface area contributed by atoms with Crippen LogP contribution in [0.15, 0.2) is 10.7 Å². The normalized spacial score (nSPS) is 20.1. The van der Waals surface area contributed by atoms with E-state index in [-0.39, 0.29) is 12.2 Å². The lowest BCUT2D eigenvalue weighted by Gasteiger charge is -2.41. The summed E-state index contributed by atoms with van der Waals surface area (Å²) in [5.74, 6) is 0.750. The first kappa shape index (κ1) is 26.5. The van der Waals surface area contributed by atoms with Crippen molar-refractivity contribution < 1.29 is 24.2 Å². The molecule has 2 aliphatic heterocycles. The lowest BCUT2D eigenvalue weighted by Crippen LogP contribution is -2.51. The third kappa shape index (κ3) is 5.43. The summed E-state index contributed by atoms with van der Waals surface area (Å²) in [6.45, 7) is 13.0. The summed E-state index contributed by atoms with van der Waals surface area (Å²) in [6.07, 6.45) is 2.76. The Hall–Kier alpha value is -2.07. The molecule has 0 spiro atoms. The fourth-order valence-corrected chi connectivity index (χ4v) is 5.49. The van der Waals surface area contributed by atoms with E-state index in [0.717, 1.165) is 11.4 Å². The Balaban J connectivity index is 1.83. The van der Waals surface area contributed by atoms with E-state index >= 15 is 0 Å². The number of nitrogens with zero attached hydrogens (tertiary/aromatic N) is 4. The quantitative estimate of drug-likeness (QED) is 0.609. The van der Waals surface area contributed by atoms with Crippen LogP contribution in [-0.4, -0.2) is 74.0 Å². The van der Waals surface area contributed by atoms with E-state index in [1.165, 1.54) is 0 Å². The molecule has 0 saturated carbocycles. The minimum atomic E-state index is -1.12. The zero-order chi connectivity index (χ0) is 25.5. The molecule has 0 unspecified atom stereocenters. The minimum Gasteiger partial charge on any atom is -0.450 e. The van der Waals surface area contributed by atoms with Gasteiger partial charge in [0, 0.05) is 26.7 Å². The third-order valence-corrected chi connectivity index (χ3v) is 6.89. The van der Waals surface area contributed by atoms with E-state index in [2.05, 4.69) is 15.9 Å². The average Bonchev–Trinajstić information content (AvgIpc) is 3.01. The zero-order valence-electron chi connectivity index (χ0n) is 21.3. The van der Waals surface area contributed by atoms with Gasteiger partial charge in [-0.1, -0.05) is 6.08 Å². The highest BCUT2D eigenvalue weighted by molar-refractivity contribution is 9.10. The number of imidazole rings is 1. The molecule has 1 N–H and O–H groups in total. The Morgan fingerprint density at radius 2 is 1.79 bits per heavy atom. The number of likely N-dealkylation sites (tertiary alicyclic amines) is 1. The van der Waals surface area contributed by atoms with Crippen LogP contribution in [0.3, 0.4) is 0 Å². The zero-order valence-corrected chi connectivity index (χ0v) is 22.9. The van der Waals surface area contributed by atoms with Crippen LogP contribution in [0.25, 0.3) is 5.57 Å². The first-order valence-electron chi connectivity index (χ1n) is 11.8. The Labute approximate surface area is 210 Å². The number of carbonyl (C=O) groups excluding carboxylic acids is 2. The molecule has 1 aromatic rings. The molecule has 2 amide bonds. The first-order chi connectivity index (χ1) is 15.7. The number of rotatable bonds is 3. The van der Waals surface area contributed by atoms with Crippen LogP contribution in [0.5, 0.6) is 0 Å². The van der Waals surface area contributed by atoms with Crippen molar-refractivity contribution in [2.24, 2.45) is 7.05 Å². The first-order valence-corrected chi connectivity index (χ1v) is 12.6. The van der Waals surface area contributed by atoms with Gasteiger partial charge in [-0.05, 0) is 82.3 Å². The SMILES string of the molecule is CCOC(=O)N1CCC(O)(c2c(Br)nc(C3=CC(C)(C)N(C(=O)OC(C)(C)C)CC3)n2C)CC1. The van der Waals surface area contributed by atoms with Crippen molar-refractivity contribution in [1.29, 1.82) is 0 Å². The monoisotopic (exact) mass is 540 g/mol. The molecule has 190 valence electrons. The highest BCUT2D eigenvalue weighted by Crippen LogP contribution is 2.40. The molecule has 0 aliphatic carbocycles. The van der Waals surface area contributed by atoms with E-state index in [1.54, 1.807) is 16.7 Å². The molecule has 0 atom stereocenters. The average molecular weight is 541 g/mol. The van der Waals surface area contributed by atoms with Crippen LogP contribution in [0, 0.1) is 0 Å². The van der Waals surface area contributed by atoms with Crippen molar-refractivity contribution in [2.75, 3.05) is 26.2 Å². The maximum atomic E-state index is 12.7. The molecular weight excluding hydrogens is 504 g/mol. The number of hydrogen-bond donors (Lipinski definition) is 1. The molecule has 3 heterocycles. The fourth-order valence-electron chi connectivity index (χ4n) is 4.68. The largest absolute Gasteiger partial charge is 0.450 e. The summed E-state index contributed by atoms with van der Waals surface area (Å²) in [6, 6.07) is 0. The summed E-state index contributed by atoms with van der Waals surface area (Å²) in [7, 11) is 1.90. The van der Waals surface area contributed by atoms with Crippen LogP contribution < -0.4 is 0 Å². The van der Waals surface area contributed by atoms with Gasteiger partial charge >= 0.3 is 12.2 Å². The van der Waals surface area contributed by atoms with Crippen LogP contribution in [0.1, 0.15) is 72.3 Å². The van der Waals surface area contributed by atoms with Crippen molar-refractivity contribution in [3.63, 3.8) is 0 Å². The molecule has 1 fully saturated rings. The molecule has 3 rings (SSSR count). The number of aromatic nitrogens is 2. The topological polar surface area (TPSA) is 97.1 Å². The van der Waals surface area contributed by atoms with Crippen LogP contribution in [-0.2, 0) is 22.1 Å². The number of hydrogen-bond acceptors (Lipinski definition) is 6. The van der Waals surface area contributed by atoms with Gasteiger partial charge in [-0.15, -0.1) is 0 Å². The Morgan fingerprint density at radius 3 is 2.32 bits per heavy atom. The second-order valence-electron chi connectivity index (χ2n) is 10.6. The molecule has 1 aromatic heterocycles. The summed E-state index contributed by atoms with van der Waals surface area (Å²) < 4.78 is 13.2. The third-order valence-electron chi connectivity index (χ3n) is 6.34. The van der Waals surface area contributed by atoms with Gasteiger partial charge in [0.15, 0.2) is 0 Å². The highest BCUT2D eigenvalue weighted by atomic mass is 79.9. The smallest absolute Gasteiger partial charge is 0.410 e. The highest BCUT2D eigenvalue weighted by Gasteiger charge is 2.42. The molecule has 0 bridgehead atoms. The number of aliphatic hydroxyl groups is 1. The number of piperidine rings is 1. The lowest BCUT2D eigenvalue weighted by molar-refractivity contribution is -0.0302. The van der Waals surface area contributed by atoms with E-state index in [4.69, 9.17) is 14.5 Å². The molecule has 9 nitrogen and oxygen atoms in total. The molecule has 2 aliphatic rings. The number of halogens is 1. The second kappa shape index (κ2) is 9.53. The maximum Gasteiger partial charge on any atom is 0.410 e. The van der Waals surface area contributed by atoms with Gasteiger partial charge in [-0.25, -0.2) is 14.6 Å². The van der Waals surface area contributed by atoms with Gasteiger partial charge in [0.1, 0.15) is 21.6 Å². The molecule has 0 radical (unpaired) electrons. The molecular formula is C24H37BrN4O5. The number of carbonyl (C=O) groups is 2. The van der Waals surface area contributed by atoms with Crippen molar-refractivity contribution in [2.45, 2.75) is 77.5 Å². The number of amides is 2. The molecule has 0 aromatic carbocycles. The van der Waals surface area contributed by atoms with E-state index in [1.807, 2.05) is 52.3 Å². The fraction of sp³-hybridized carbons (Fsp3) is 0.708. The van der Waals surface area contributed by atoms with Gasteiger partial charge in [-0.3, -0.25) is 4.90 Å². The van der Waals surface area contributed by atoms with Crippen LogP contribution in [0.2, 0.25) is 0 Å². The van der Waals surface area contributed by atoms with Crippen LogP contribution in [0.4, 0.5) is 9.59 Å². The Bertz CT molecular complexity index is 971. The van der Waals surface area contributed by atoms with Crippen molar-refractivity contribution in [1.82, 2.24) is 19.4 Å². The van der Waals surface area contributed by atoms with E-state index in [0.29, 0.717) is 55.8 Å². The summed E-state index contributed by atoms with van der Waals surface area (Å²) in [4.78, 5) is 32.9. The van der Waals surface area contributed by atoms with Gasteiger partial charge in [0.2, 0.25) is 0 Å². The molecule has 10 heteroatoms. The second-order valence-corrected chi connectivity index (χ2v) is 11.3. The Kier molecular flexibility index (Phi) is 7.43. The lowest BCUT2D eigenvalue weighted by atomic mass is 9.88. The van der Waals surface area contributed by atoms with Crippen molar-refractivity contribution >= 4 is 33.7 Å². The van der Waals surface area contributed by atoms with Crippen LogP contribution >= 0.6 is 15.9 Å². The number of ether oxygens (including phenoxy) is 2. The standard InChI is InChI=1S/C24H37BrN4O5/c1-8-33-20(30)28-13-10-24(32,11-14-28)17-18(25)26-19(27(17)7)16-9-12-29(23(5,6)15-16)21(31)34-22(2,3)4/h15,32H,8-14H2,1-7H3. The summed E-state index contributed by atoms with van der Waals surface area (Å²) >= 11 is 3.56. The Morgan fingerprint density at radius 1 is 1.18 bits per heavy atom. The summed E-state index contributed by atoms with van der Waals surface area (Å²) in [5, 5.41) is 11.5. The van der Waals surface area contributed by atoms with Gasteiger partial charge < -0.3 is 24.0 Å². The van der Waals surface area contributed by atoms with E-state index < -0.39 is 16.7 Å². The predicted molar refractivity (Wildman–Crippen MR) is 132 cm³/mol. The minimum absolute atomic E-state index is 0.326. The molecule has 1 saturated heterocycles. The van der Waals surface area contributed by atoms with Gasteiger partial charge in [0.05, 0.1) is 17.8 Å². The van der Waals surface area contributed by atoms with Gasteiger partial charge in [0.25, 0.3) is 0 Å². The summed E-state index contributed by atoms with van der Waals surface area (Å²) in [5.41, 5.74) is -0.536.